The molecule has 2 fully saturated rings. The van der Waals surface area contributed by atoms with Crippen molar-refractivity contribution in [3.05, 3.63) is 0 Å². The van der Waals surface area contributed by atoms with Crippen LogP contribution in [-0.4, -0.2) is 12.6 Å². The van der Waals surface area contributed by atoms with E-state index in [1.54, 1.807) is 0 Å². The number of cyclic esters (lactones) is 1. The highest BCUT2D eigenvalue weighted by Gasteiger charge is 2.33. The summed E-state index contributed by atoms with van der Waals surface area (Å²) in [7, 11) is 0. The van der Waals surface area contributed by atoms with E-state index in [9.17, 15) is 4.79 Å². The third-order valence-electron chi connectivity index (χ3n) is 3.69. The zero-order chi connectivity index (χ0) is 9.80. The summed E-state index contributed by atoms with van der Waals surface area (Å²) in [6.45, 7) is 0.667. The molecule has 2 heteroatoms. The van der Waals surface area contributed by atoms with Crippen LogP contribution in [0.1, 0.15) is 51.4 Å². The van der Waals surface area contributed by atoms with Crippen LogP contribution in [0.5, 0.6) is 0 Å². The monoisotopic (exact) mass is 196 g/mol. The first-order valence-electron chi connectivity index (χ1n) is 6.04. The second-order valence-electron chi connectivity index (χ2n) is 4.67. The fourth-order valence-electron chi connectivity index (χ4n) is 2.83. The largest absolute Gasteiger partial charge is 0.465 e. The van der Waals surface area contributed by atoms with E-state index in [4.69, 9.17) is 4.74 Å². The van der Waals surface area contributed by atoms with Crippen LogP contribution in [0, 0.1) is 11.8 Å². The van der Waals surface area contributed by atoms with Gasteiger partial charge in [0.1, 0.15) is 0 Å². The molecule has 1 aliphatic heterocycles. The fraction of sp³-hybridized carbons (Fsp3) is 0.917. The van der Waals surface area contributed by atoms with Gasteiger partial charge in [-0.2, -0.15) is 0 Å². The molecule has 2 nitrogen and oxygen atoms in total. The van der Waals surface area contributed by atoms with Gasteiger partial charge in [-0.15, -0.1) is 0 Å². The van der Waals surface area contributed by atoms with Crippen molar-refractivity contribution in [1.29, 1.82) is 0 Å². The SMILES string of the molecule is O=C1OCCC1C1CCCCCCC1. The minimum Gasteiger partial charge on any atom is -0.465 e. The van der Waals surface area contributed by atoms with E-state index in [0.717, 1.165) is 6.42 Å². The molecular formula is C12H20O2. The highest BCUT2D eigenvalue weighted by Crippen LogP contribution is 2.33. The van der Waals surface area contributed by atoms with Crippen LogP contribution in [0.4, 0.5) is 0 Å². The van der Waals surface area contributed by atoms with Gasteiger partial charge in [0, 0.05) is 0 Å². The van der Waals surface area contributed by atoms with Gasteiger partial charge in [-0.25, -0.2) is 0 Å². The third-order valence-corrected chi connectivity index (χ3v) is 3.69. The lowest BCUT2D eigenvalue weighted by Gasteiger charge is -2.22. The minimum atomic E-state index is 0.0792. The second kappa shape index (κ2) is 4.81. The second-order valence-corrected chi connectivity index (χ2v) is 4.67. The first-order chi connectivity index (χ1) is 6.88. The zero-order valence-electron chi connectivity index (χ0n) is 8.84. The van der Waals surface area contributed by atoms with Crippen molar-refractivity contribution in [2.75, 3.05) is 6.61 Å². The molecule has 0 aromatic carbocycles. The van der Waals surface area contributed by atoms with Crippen LogP contribution in [-0.2, 0) is 9.53 Å². The van der Waals surface area contributed by atoms with Gasteiger partial charge in [0.2, 0.25) is 0 Å². The van der Waals surface area contributed by atoms with Crippen LogP contribution in [0.15, 0.2) is 0 Å². The molecule has 2 rings (SSSR count). The Kier molecular flexibility index (Phi) is 3.44. The number of esters is 1. The summed E-state index contributed by atoms with van der Waals surface area (Å²) < 4.78 is 5.05. The molecule has 1 aliphatic carbocycles. The van der Waals surface area contributed by atoms with Gasteiger partial charge < -0.3 is 4.74 Å². The highest BCUT2D eigenvalue weighted by molar-refractivity contribution is 5.74. The van der Waals surface area contributed by atoms with Crippen LogP contribution >= 0.6 is 0 Å². The molecule has 0 N–H and O–H groups in total. The normalized spacial score (nSPS) is 30.9. The standard InChI is InChI=1S/C12H20O2/c13-12-11(8-9-14-12)10-6-4-2-1-3-5-7-10/h10-11H,1-9H2. The van der Waals surface area contributed by atoms with Crippen molar-refractivity contribution in [1.82, 2.24) is 0 Å². The van der Waals surface area contributed by atoms with Crippen molar-refractivity contribution in [2.45, 2.75) is 51.4 Å². The minimum absolute atomic E-state index is 0.0792. The van der Waals surface area contributed by atoms with E-state index in [0.29, 0.717) is 12.5 Å². The summed E-state index contributed by atoms with van der Waals surface area (Å²) in [5.41, 5.74) is 0. The van der Waals surface area contributed by atoms with Crippen molar-refractivity contribution < 1.29 is 9.53 Å². The Balaban J connectivity index is 1.90. The Hall–Kier alpha value is -0.530. The van der Waals surface area contributed by atoms with E-state index in [-0.39, 0.29) is 11.9 Å². The van der Waals surface area contributed by atoms with Crippen molar-refractivity contribution >= 4 is 5.97 Å². The maximum Gasteiger partial charge on any atom is 0.309 e. The maximum atomic E-state index is 11.4. The molecule has 80 valence electrons. The maximum absolute atomic E-state index is 11.4. The molecule has 0 spiro atoms. The fourth-order valence-corrected chi connectivity index (χ4v) is 2.83. The molecule has 1 saturated heterocycles. The molecule has 0 amide bonds. The summed E-state index contributed by atoms with van der Waals surface area (Å²) in [4.78, 5) is 11.4. The Morgan fingerprint density at radius 1 is 0.929 bits per heavy atom. The number of carbonyl (C=O) groups is 1. The van der Waals surface area contributed by atoms with Crippen LogP contribution in [0.25, 0.3) is 0 Å². The van der Waals surface area contributed by atoms with Gasteiger partial charge in [-0.05, 0) is 25.2 Å². The first kappa shape index (κ1) is 10.0. The number of hydrogen-bond donors (Lipinski definition) is 0. The van der Waals surface area contributed by atoms with Crippen LogP contribution in [0.3, 0.4) is 0 Å². The van der Waals surface area contributed by atoms with Gasteiger partial charge in [0.15, 0.2) is 0 Å². The Labute approximate surface area is 86.0 Å². The van der Waals surface area contributed by atoms with Gasteiger partial charge in [-0.1, -0.05) is 32.1 Å². The average Bonchev–Trinajstić information content (AvgIpc) is 2.51. The lowest BCUT2D eigenvalue weighted by Crippen LogP contribution is -2.20. The predicted octanol–water partition coefficient (Wildman–Crippen LogP) is 2.91. The quantitative estimate of drug-likeness (QED) is 0.603. The third kappa shape index (κ3) is 2.28. The molecule has 0 aromatic heterocycles. The first-order valence-corrected chi connectivity index (χ1v) is 6.04. The van der Waals surface area contributed by atoms with Crippen LogP contribution in [0.2, 0.25) is 0 Å². The molecule has 1 heterocycles. The predicted molar refractivity (Wildman–Crippen MR) is 54.9 cm³/mol. The van der Waals surface area contributed by atoms with E-state index < -0.39 is 0 Å². The summed E-state index contributed by atoms with van der Waals surface area (Å²) in [6.07, 6.45) is 10.2. The molecule has 1 atom stereocenters. The molecule has 2 aliphatic rings. The lowest BCUT2D eigenvalue weighted by molar-refractivity contribution is -0.142. The number of carbonyl (C=O) groups excluding carboxylic acids is 1. The summed E-state index contributed by atoms with van der Waals surface area (Å²) in [5, 5.41) is 0. The zero-order valence-corrected chi connectivity index (χ0v) is 8.84. The lowest BCUT2D eigenvalue weighted by atomic mass is 9.81. The molecule has 1 unspecified atom stereocenters. The van der Waals surface area contributed by atoms with Crippen molar-refractivity contribution in [3.63, 3.8) is 0 Å². The van der Waals surface area contributed by atoms with E-state index in [1.807, 2.05) is 0 Å². The molecule has 0 bridgehead atoms. The smallest absolute Gasteiger partial charge is 0.309 e. The number of hydrogen-bond acceptors (Lipinski definition) is 2. The average molecular weight is 196 g/mol. The summed E-state index contributed by atoms with van der Waals surface area (Å²) in [5.74, 6) is 0.953. The number of ether oxygens (including phenoxy) is 1. The molecule has 1 saturated carbocycles. The van der Waals surface area contributed by atoms with Gasteiger partial charge >= 0.3 is 5.97 Å². The van der Waals surface area contributed by atoms with Gasteiger partial charge in [0.05, 0.1) is 12.5 Å². The summed E-state index contributed by atoms with van der Waals surface area (Å²) in [6, 6.07) is 0. The molecular weight excluding hydrogens is 176 g/mol. The van der Waals surface area contributed by atoms with Crippen molar-refractivity contribution in [2.24, 2.45) is 11.8 Å². The van der Waals surface area contributed by atoms with E-state index in [2.05, 4.69) is 0 Å². The van der Waals surface area contributed by atoms with Gasteiger partial charge in [0.25, 0.3) is 0 Å². The van der Waals surface area contributed by atoms with Crippen LogP contribution < -0.4 is 0 Å². The Morgan fingerprint density at radius 2 is 1.57 bits per heavy atom. The Bertz CT molecular complexity index is 192. The van der Waals surface area contributed by atoms with Crippen molar-refractivity contribution in [3.8, 4) is 0 Å². The molecule has 0 radical (unpaired) electrons. The topological polar surface area (TPSA) is 26.3 Å². The number of rotatable bonds is 1. The van der Waals surface area contributed by atoms with E-state index in [1.165, 1.54) is 44.9 Å². The molecule has 14 heavy (non-hydrogen) atoms. The van der Waals surface area contributed by atoms with Gasteiger partial charge in [-0.3, -0.25) is 4.79 Å². The molecule has 0 aromatic rings. The highest BCUT2D eigenvalue weighted by atomic mass is 16.5. The Morgan fingerprint density at radius 3 is 2.14 bits per heavy atom. The summed E-state index contributed by atoms with van der Waals surface area (Å²) >= 11 is 0. The van der Waals surface area contributed by atoms with E-state index >= 15 is 0 Å².